The number of piperidine rings is 1. The molecule has 0 radical (unpaired) electrons. The smallest absolute Gasteiger partial charge is 0.329 e. The zero-order valence-electron chi connectivity index (χ0n) is 10.8. The van der Waals surface area contributed by atoms with E-state index in [0.717, 1.165) is 38.0 Å². The minimum absolute atomic E-state index is 0.0386. The second-order valence-corrected chi connectivity index (χ2v) is 4.81. The third-order valence-electron chi connectivity index (χ3n) is 3.36. The van der Waals surface area contributed by atoms with E-state index in [2.05, 4.69) is 4.90 Å². The lowest BCUT2D eigenvalue weighted by Gasteiger charge is -2.31. The van der Waals surface area contributed by atoms with Crippen LogP contribution < -0.4 is 0 Å². The molecule has 5 nitrogen and oxygen atoms in total. The lowest BCUT2D eigenvalue weighted by molar-refractivity contribution is -0.145. The molecule has 1 aliphatic heterocycles. The summed E-state index contributed by atoms with van der Waals surface area (Å²) >= 11 is 0. The Kier molecular flexibility index (Phi) is 4.76. The Bertz CT molecular complexity index is 427. The molecule has 0 atom stereocenters. The molecule has 1 aromatic rings. The van der Waals surface area contributed by atoms with E-state index in [0.29, 0.717) is 5.75 Å². The molecule has 19 heavy (non-hydrogen) atoms. The zero-order chi connectivity index (χ0) is 13.7. The molecule has 0 aliphatic carbocycles. The number of hydrogen-bond acceptors (Lipinski definition) is 4. The Labute approximate surface area is 112 Å². The molecule has 1 fully saturated rings. The third-order valence-corrected chi connectivity index (χ3v) is 3.36. The first-order valence-corrected chi connectivity index (χ1v) is 6.48. The average Bonchev–Trinajstić information content (AvgIpc) is 2.40. The van der Waals surface area contributed by atoms with Crippen LogP contribution in [-0.2, 0) is 16.1 Å². The van der Waals surface area contributed by atoms with Crippen LogP contribution >= 0.6 is 0 Å². The number of hydrogen-bond donors (Lipinski definition) is 2. The summed E-state index contributed by atoms with van der Waals surface area (Å²) in [6.07, 6.45) is 1.71. The maximum atomic E-state index is 10.4. The minimum atomic E-state index is -0.920. The highest BCUT2D eigenvalue weighted by Crippen LogP contribution is 2.21. The van der Waals surface area contributed by atoms with Gasteiger partial charge < -0.3 is 14.9 Å². The van der Waals surface area contributed by atoms with E-state index >= 15 is 0 Å². The first-order valence-electron chi connectivity index (χ1n) is 6.48. The van der Waals surface area contributed by atoms with Gasteiger partial charge in [-0.2, -0.15) is 0 Å². The highest BCUT2D eigenvalue weighted by atomic mass is 16.5. The van der Waals surface area contributed by atoms with Crippen LogP contribution in [0.4, 0.5) is 0 Å². The summed E-state index contributed by atoms with van der Waals surface area (Å²) in [5, 5.41) is 18.3. The molecule has 0 unspecified atom stereocenters. The quantitative estimate of drug-likeness (QED) is 0.843. The summed E-state index contributed by atoms with van der Waals surface area (Å²) in [4.78, 5) is 12.7. The fraction of sp³-hybridized carbons (Fsp3) is 0.500. The second kappa shape index (κ2) is 6.54. The van der Waals surface area contributed by atoms with Crippen molar-refractivity contribution in [2.24, 2.45) is 0 Å². The average molecular weight is 265 g/mol. The van der Waals surface area contributed by atoms with Gasteiger partial charge in [-0.05, 0) is 18.9 Å². The van der Waals surface area contributed by atoms with Crippen LogP contribution in [0, 0.1) is 0 Å². The van der Waals surface area contributed by atoms with Gasteiger partial charge in [0.25, 0.3) is 0 Å². The topological polar surface area (TPSA) is 70.0 Å². The Morgan fingerprint density at radius 2 is 2.00 bits per heavy atom. The molecular weight excluding hydrogens is 246 g/mol. The number of nitrogens with zero attached hydrogens (tertiary/aromatic N) is 1. The fourth-order valence-corrected chi connectivity index (χ4v) is 2.31. The number of benzene rings is 1. The van der Waals surface area contributed by atoms with Gasteiger partial charge in [-0.25, -0.2) is 4.79 Å². The summed E-state index contributed by atoms with van der Waals surface area (Å²) in [7, 11) is 0. The van der Waals surface area contributed by atoms with Crippen molar-refractivity contribution in [2.75, 3.05) is 19.7 Å². The van der Waals surface area contributed by atoms with E-state index in [9.17, 15) is 9.90 Å². The molecule has 104 valence electrons. The maximum Gasteiger partial charge on any atom is 0.329 e. The number of ether oxygens (including phenoxy) is 1. The SMILES string of the molecule is O=C(O)COC1CCN(Cc2ccccc2O)CC1. The first kappa shape index (κ1) is 13.8. The lowest BCUT2D eigenvalue weighted by atomic mass is 10.1. The van der Waals surface area contributed by atoms with E-state index in [1.165, 1.54) is 0 Å². The molecule has 0 bridgehead atoms. The summed E-state index contributed by atoms with van der Waals surface area (Å²) < 4.78 is 5.29. The predicted molar refractivity (Wildman–Crippen MR) is 70.0 cm³/mol. The fourth-order valence-electron chi connectivity index (χ4n) is 2.31. The number of carbonyl (C=O) groups is 1. The van der Waals surface area contributed by atoms with Crippen LogP contribution in [0.25, 0.3) is 0 Å². The molecule has 2 rings (SSSR count). The maximum absolute atomic E-state index is 10.4. The number of aromatic hydroxyl groups is 1. The van der Waals surface area contributed by atoms with Gasteiger partial charge >= 0.3 is 5.97 Å². The van der Waals surface area contributed by atoms with Gasteiger partial charge in [-0.1, -0.05) is 18.2 Å². The summed E-state index contributed by atoms with van der Waals surface area (Å²) in [6.45, 7) is 2.22. The van der Waals surface area contributed by atoms with Gasteiger partial charge in [0.2, 0.25) is 0 Å². The number of rotatable bonds is 5. The van der Waals surface area contributed by atoms with Crippen molar-refractivity contribution in [2.45, 2.75) is 25.5 Å². The Morgan fingerprint density at radius 3 is 2.63 bits per heavy atom. The molecule has 2 N–H and O–H groups in total. The standard InChI is InChI=1S/C14H19NO4/c16-13-4-2-1-3-11(13)9-15-7-5-12(6-8-15)19-10-14(17)18/h1-4,12,16H,5-10H2,(H,17,18). The molecule has 0 aromatic heterocycles. The zero-order valence-corrected chi connectivity index (χ0v) is 10.8. The largest absolute Gasteiger partial charge is 0.508 e. The van der Waals surface area contributed by atoms with Crippen molar-refractivity contribution < 1.29 is 19.7 Å². The van der Waals surface area contributed by atoms with Crippen LogP contribution in [0.15, 0.2) is 24.3 Å². The molecule has 0 saturated carbocycles. The van der Waals surface area contributed by atoms with Gasteiger partial charge in [0.1, 0.15) is 12.4 Å². The summed E-state index contributed by atoms with van der Waals surface area (Å²) in [5.41, 5.74) is 0.924. The number of para-hydroxylation sites is 1. The van der Waals surface area contributed by atoms with E-state index in [1.807, 2.05) is 18.2 Å². The highest BCUT2D eigenvalue weighted by Gasteiger charge is 2.20. The highest BCUT2D eigenvalue weighted by molar-refractivity contribution is 5.68. The van der Waals surface area contributed by atoms with Crippen LogP contribution in [0.2, 0.25) is 0 Å². The van der Waals surface area contributed by atoms with Crippen molar-refractivity contribution in [3.05, 3.63) is 29.8 Å². The van der Waals surface area contributed by atoms with E-state index < -0.39 is 5.97 Å². The number of carboxylic acid groups (broad SMARTS) is 1. The van der Waals surface area contributed by atoms with Crippen molar-refractivity contribution in [1.82, 2.24) is 4.90 Å². The molecule has 1 saturated heterocycles. The minimum Gasteiger partial charge on any atom is -0.508 e. The van der Waals surface area contributed by atoms with Gasteiger partial charge in [0.05, 0.1) is 6.10 Å². The second-order valence-electron chi connectivity index (χ2n) is 4.81. The van der Waals surface area contributed by atoms with Crippen molar-refractivity contribution in [3.8, 4) is 5.75 Å². The number of aliphatic carboxylic acids is 1. The number of phenolic OH excluding ortho intramolecular Hbond substituents is 1. The number of phenols is 1. The first-order chi connectivity index (χ1) is 9.15. The van der Waals surface area contributed by atoms with Gasteiger partial charge in [-0.15, -0.1) is 0 Å². The molecule has 5 heteroatoms. The monoisotopic (exact) mass is 265 g/mol. The number of likely N-dealkylation sites (tertiary alicyclic amines) is 1. The molecule has 0 spiro atoms. The van der Waals surface area contributed by atoms with Gasteiger partial charge in [0.15, 0.2) is 0 Å². The van der Waals surface area contributed by atoms with E-state index in [4.69, 9.17) is 9.84 Å². The van der Waals surface area contributed by atoms with Gasteiger partial charge in [0, 0.05) is 25.2 Å². The normalized spacial score (nSPS) is 17.5. The van der Waals surface area contributed by atoms with Crippen molar-refractivity contribution >= 4 is 5.97 Å². The van der Waals surface area contributed by atoms with E-state index in [-0.39, 0.29) is 12.7 Å². The Balaban J connectivity index is 1.77. The van der Waals surface area contributed by atoms with Crippen molar-refractivity contribution in [3.63, 3.8) is 0 Å². The summed E-state index contributed by atoms with van der Waals surface area (Å²) in [5.74, 6) is -0.594. The lowest BCUT2D eigenvalue weighted by Crippen LogP contribution is -2.37. The molecule has 1 aliphatic rings. The number of carboxylic acids is 1. The molecular formula is C14H19NO4. The van der Waals surface area contributed by atoms with Crippen LogP contribution in [0.1, 0.15) is 18.4 Å². The van der Waals surface area contributed by atoms with Crippen molar-refractivity contribution in [1.29, 1.82) is 0 Å². The van der Waals surface area contributed by atoms with Crippen LogP contribution in [-0.4, -0.2) is 46.9 Å². The predicted octanol–water partition coefficient (Wildman–Crippen LogP) is 1.46. The third kappa shape index (κ3) is 4.22. The summed E-state index contributed by atoms with van der Waals surface area (Å²) in [6, 6.07) is 7.34. The molecule has 1 heterocycles. The molecule has 0 amide bonds. The van der Waals surface area contributed by atoms with Crippen LogP contribution in [0.3, 0.4) is 0 Å². The molecule has 1 aromatic carbocycles. The Morgan fingerprint density at radius 1 is 1.32 bits per heavy atom. The van der Waals surface area contributed by atoms with E-state index in [1.54, 1.807) is 6.07 Å². The van der Waals surface area contributed by atoms with Crippen LogP contribution in [0.5, 0.6) is 5.75 Å². The Hall–Kier alpha value is -1.59. The van der Waals surface area contributed by atoms with Gasteiger partial charge in [-0.3, -0.25) is 4.90 Å².